The minimum absolute atomic E-state index is 0.226. The molecule has 0 spiro atoms. The molecule has 0 unspecified atom stereocenters. The number of pyridine rings is 1. The van der Waals surface area contributed by atoms with Gasteiger partial charge in [0, 0.05) is 18.5 Å². The van der Waals surface area contributed by atoms with Crippen LogP contribution in [0.2, 0.25) is 0 Å². The van der Waals surface area contributed by atoms with Crippen molar-refractivity contribution in [3.05, 3.63) is 29.6 Å². The van der Waals surface area contributed by atoms with E-state index in [2.05, 4.69) is 4.98 Å². The van der Waals surface area contributed by atoms with Crippen LogP contribution in [0.25, 0.3) is 0 Å². The maximum Gasteiger partial charge on any atom is 0.254 e. The lowest BCUT2D eigenvalue weighted by atomic mass is 9.74. The van der Waals surface area contributed by atoms with Gasteiger partial charge in [-0.15, -0.1) is 0 Å². The summed E-state index contributed by atoms with van der Waals surface area (Å²) in [6.45, 7) is 3.96. The van der Waals surface area contributed by atoms with E-state index in [0.29, 0.717) is 5.69 Å². The molecule has 1 fully saturated rings. The summed E-state index contributed by atoms with van der Waals surface area (Å²) in [5, 5.41) is 9.98. The zero-order valence-corrected chi connectivity index (χ0v) is 9.37. The summed E-state index contributed by atoms with van der Waals surface area (Å²) in [4.78, 5) is 4.25. The Morgan fingerprint density at radius 3 is 2.44 bits per heavy atom. The van der Waals surface area contributed by atoms with Crippen LogP contribution in [0.3, 0.4) is 0 Å². The number of rotatable bonds is 2. The van der Waals surface area contributed by atoms with Crippen molar-refractivity contribution in [3.8, 4) is 0 Å². The van der Waals surface area contributed by atoms with Gasteiger partial charge in [-0.1, -0.05) is 19.9 Å². The largest absolute Gasteiger partial charge is 0.383 e. The summed E-state index contributed by atoms with van der Waals surface area (Å²) in [7, 11) is 0. The Balaban J connectivity index is 2.25. The van der Waals surface area contributed by atoms with Gasteiger partial charge in [-0.2, -0.15) is 0 Å². The van der Waals surface area contributed by atoms with Gasteiger partial charge in [0.2, 0.25) is 0 Å². The van der Waals surface area contributed by atoms with Crippen LogP contribution in [0.4, 0.5) is 8.78 Å². The van der Waals surface area contributed by atoms with Gasteiger partial charge < -0.3 is 5.11 Å². The number of aromatic nitrogens is 1. The molecule has 1 saturated carbocycles. The van der Waals surface area contributed by atoms with Crippen LogP contribution in [-0.2, 0) is 5.60 Å². The molecule has 0 aliphatic heterocycles. The molecule has 88 valence electrons. The van der Waals surface area contributed by atoms with Crippen molar-refractivity contribution in [3.63, 3.8) is 0 Å². The molecule has 4 heteroatoms. The number of aliphatic hydroxyl groups is 1. The van der Waals surface area contributed by atoms with Crippen LogP contribution in [0, 0.1) is 0 Å². The van der Waals surface area contributed by atoms with E-state index in [1.807, 2.05) is 19.9 Å². The lowest BCUT2D eigenvalue weighted by Crippen LogP contribution is -2.49. The van der Waals surface area contributed by atoms with Crippen molar-refractivity contribution < 1.29 is 13.9 Å². The van der Waals surface area contributed by atoms with Crippen molar-refractivity contribution in [2.75, 3.05) is 0 Å². The van der Waals surface area contributed by atoms with E-state index in [0.717, 1.165) is 5.69 Å². The lowest BCUT2D eigenvalue weighted by molar-refractivity contribution is -0.212. The Morgan fingerprint density at radius 2 is 1.94 bits per heavy atom. The summed E-state index contributed by atoms with van der Waals surface area (Å²) in [6.07, 6.45) is -1.04. The minimum Gasteiger partial charge on any atom is -0.383 e. The highest BCUT2D eigenvalue weighted by atomic mass is 19.3. The Hall–Kier alpha value is -1.03. The summed E-state index contributed by atoms with van der Waals surface area (Å²) in [6, 6.07) is 5.21. The maximum atomic E-state index is 12.8. The highest BCUT2D eigenvalue weighted by molar-refractivity contribution is 5.23. The van der Waals surface area contributed by atoms with E-state index in [4.69, 9.17) is 0 Å². The smallest absolute Gasteiger partial charge is 0.254 e. The lowest BCUT2D eigenvalue weighted by Gasteiger charge is -2.42. The predicted octanol–water partition coefficient (Wildman–Crippen LogP) is 2.82. The van der Waals surface area contributed by atoms with Crippen LogP contribution < -0.4 is 0 Å². The van der Waals surface area contributed by atoms with Crippen molar-refractivity contribution in [2.24, 2.45) is 0 Å². The van der Waals surface area contributed by atoms with Gasteiger partial charge in [0.1, 0.15) is 5.60 Å². The topological polar surface area (TPSA) is 33.1 Å². The third kappa shape index (κ3) is 1.94. The van der Waals surface area contributed by atoms with Gasteiger partial charge in [0.25, 0.3) is 5.92 Å². The highest BCUT2D eigenvalue weighted by Crippen LogP contribution is 2.51. The quantitative estimate of drug-likeness (QED) is 0.842. The van der Waals surface area contributed by atoms with Crippen LogP contribution >= 0.6 is 0 Å². The molecule has 0 bridgehead atoms. The van der Waals surface area contributed by atoms with E-state index >= 15 is 0 Å². The van der Waals surface area contributed by atoms with E-state index in [-0.39, 0.29) is 5.92 Å². The normalized spacial score (nSPS) is 21.9. The zero-order chi connectivity index (χ0) is 12.0. The van der Waals surface area contributed by atoms with Crippen molar-refractivity contribution in [2.45, 2.75) is 44.1 Å². The molecule has 2 rings (SSSR count). The van der Waals surface area contributed by atoms with Crippen LogP contribution in [0.1, 0.15) is 44.0 Å². The molecule has 0 radical (unpaired) electrons. The second-order valence-electron chi connectivity index (χ2n) is 4.84. The Bertz CT molecular complexity index is 396. The summed E-state index contributed by atoms with van der Waals surface area (Å²) >= 11 is 0. The van der Waals surface area contributed by atoms with Crippen molar-refractivity contribution in [1.29, 1.82) is 0 Å². The Kier molecular flexibility index (Phi) is 2.49. The highest BCUT2D eigenvalue weighted by Gasteiger charge is 2.57. The molecular weight excluding hydrogens is 212 g/mol. The molecule has 0 atom stereocenters. The first-order valence-electron chi connectivity index (χ1n) is 5.40. The molecule has 1 aromatic heterocycles. The zero-order valence-electron chi connectivity index (χ0n) is 9.37. The third-order valence-electron chi connectivity index (χ3n) is 2.94. The number of hydrogen-bond donors (Lipinski definition) is 1. The van der Waals surface area contributed by atoms with E-state index < -0.39 is 24.4 Å². The van der Waals surface area contributed by atoms with Crippen LogP contribution in [0.5, 0.6) is 0 Å². The number of alkyl halides is 2. The average Bonchev–Trinajstić information content (AvgIpc) is 2.15. The molecule has 0 aromatic carbocycles. The SMILES string of the molecule is CC(C)c1cccc(C2(O)CC(F)(F)C2)n1. The van der Waals surface area contributed by atoms with Crippen LogP contribution in [0.15, 0.2) is 18.2 Å². The van der Waals surface area contributed by atoms with E-state index in [1.165, 1.54) is 0 Å². The van der Waals surface area contributed by atoms with Crippen molar-refractivity contribution in [1.82, 2.24) is 4.98 Å². The summed E-state index contributed by atoms with van der Waals surface area (Å²) in [5.41, 5.74) is -0.250. The number of nitrogens with zero attached hydrogens (tertiary/aromatic N) is 1. The maximum absolute atomic E-state index is 12.8. The van der Waals surface area contributed by atoms with Gasteiger partial charge in [0.15, 0.2) is 0 Å². The van der Waals surface area contributed by atoms with Gasteiger partial charge in [-0.05, 0) is 18.1 Å². The molecule has 1 aromatic rings. The summed E-state index contributed by atoms with van der Waals surface area (Å²) in [5.74, 6) is -2.52. The fourth-order valence-electron chi connectivity index (χ4n) is 2.02. The second kappa shape index (κ2) is 3.48. The van der Waals surface area contributed by atoms with E-state index in [9.17, 15) is 13.9 Å². The molecule has 2 nitrogen and oxygen atoms in total. The molecule has 1 aliphatic rings. The number of hydrogen-bond acceptors (Lipinski definition) is 2. The van der Waals surface area contributed by atoms with Gasteiger partial charge in [-0.25, -0.2) is 8.78 Å². The number of halogens is 2. The van der Waals surface area contributed by atoms with Crippen LogP contribution in [-0.4, -0.2) is 16.0 Å². The fourth-order valence-corrected chi connectivity index (χ4v) is 2.02. The molecule has 1 N–H and O–H groups in total. The first-order valence-corrected chi connectivity index (χ1v) is 5.40. The standard InChI is InChI=1S/C12H15F2NO/c1-8(2)9-4-3-5-10(15-9)11(16)6-12(13,14)7-11/h3-5,8,16H,6-7H2,1-2H3. The van der Waals surface area contributed by atoms with Gasteiger partial charge in [0.05, 0.1) is 5.69 Å². The molecule has 16 heavy (non-hydrogen) atoms. The first kappa shape index (κ1) is 11.5. The molecule has 0 amide bonds. The predicted molar refractivity (Wildman–Crippen MR) is 56.4 cm³/mol. The summed E-state index contributed by atoms with van der Waals surface area (Å²) < 4.78 is 25.6. The Labute approximate surface area is 93.3 Å². The molecule has 1 aliphatic carbocycles. The molecule has 1 heterocycles. The average molecular weight is 227 g/mol. The monoisotopic (exact) mass is 227 g/mol. The van der Waals surface area contributed by atoms with Crippen molar-refractivity contribution >= 4 is 0 Å². The first-order chi connectivity index (χ1) is 7.32. The third-order valence-corrected chi connectivity index (χ3v) is 2.94. The van der Waals surface area contributed by atoms with Gasteiger partial charge >= 0.3 is 0 Å². The molecule has 0 saturated heterocycles. The minimum atomic E-state index is -2.75. The molecular formula is C12H15F2NO. The fraction of sp³-hybridized carbons (Fsp3) is 0.583. The van der Waals surface area contributed by atoms with E-state index in [1.54, 1.807) is 12.1 Å². The van der Waals surface area contributed by atoms with Gasteiger partial charge in [-0.3, -0.25) is 4.98 Å². The second-order valence-corrected chi connectivity index (χ2v) is 4.84. The Morgan fingerprint density at radius 1 is 1.31 bits per heavy atom.